The van der Waals surface area contributed by atoms with Gasteiger partial charge in [0.1, 0.15) is 12.0 Å². The van der Waals surface area contributed by atoms with Gasteiger partial charge in [-0.1, -0.05) is 30.3 Å². The lowest BCUT2D eigenvalue weighted by atomic mass is 10.0. The van der Waals surface area contributed by atoms with Crippen molar-refractivity contribution in [1.82, 2.24) is 0 Å². The standard InChI is InChI=1S/C13H15NO3/c1-9(2)17-13(16)12(14)11(8-15)10-6-4-3-5-7-10/h3-7,9,12H,14H2,1-2H3. The first-order valence-corrected chi connectivity index (χ1v) is 5.32. The van der Waals surface area contributed by atoms with Crippen LogP contribution in [0.3, 0.4) is 0 Å². The zero-order valence-electron chi connectivity index (χ0n) is 9.84. The third kappa shape index (κ3) is 3.55. The Morgan fingerprint density at radius 1 is 1.29 bits per heavy atom. The second kappa shape index (κ2) is 5.99. The van der Waals surface area contributed by atoms with Crippen molar-refractivity contribution in [3.63, 3.8) is 0 Å². The van der Waals surface area contributed by atoms with Crippen molar-refractivity contribution < 1.29 is 14.3 Å². The molecule has 1 unspecified atom stereocenters. The van der Waals surface area contributed by atoms with Crippen molar-refractivity contribution >= 4 is 17.5 Å². The molecule has 90 valence electrons. The molecule has 0 amide bonds. The van der Waals surface area contributed by atoms with Gasteiger partial charge in [-0.25, -0.2) is 9.59 Å². The Balaban J connectivity index is 2.90. The van der Waals surface area contributed by atoms with E-state index in [-0.39, 0.29) is 11.7 Å². The summed E-state index contributed by atoms with van der Waals surface area (Å²) in [5, 5.41) is 0. The van der Waals surface area contributed by atoms with Crippen molar-refractivity contribution in [2.75, 3.05) is 0 Å². The number of hydrogen-bond acceptors (Lipinski definition) is 4. The van der Waals surface area contributed by atoms with Gasteiger partial charge < -0.3 is 10.5 Å². The van der Waals surface area contributed by atoms with Gasteiger partial charge in [-0.2, -0.15) is 0 Å². The minimum Gasteiger partial charge on any atom is -0.462 e. The van der Waals surface area contributed by atoms with Gasteiger partial charge in [-0.3, -0.25) is 0 Å². The van der Waals surface area contributed by atoms with E-state index in [9.17, 15) is 9.59 Å². The van der Waals surface area contributed by atoms with Gasteiger partial charge in [0.25, 0.3) is 0 Å². The fraction of sp³-hybridized carbons (Fsp3) is 0.308. The average molecular weight is 233 g/mol. The van der Waals surface area contributed by atoms with E-state index in [1.54, 1.807) is 44.1 Å². The zero-order valence-corrected chi connectivity index (χ0v) is 9.84. The molecule has 0 bridgehead atoms. The molecule has 0 aliphatic rings. The van der Waals surface area contributed by atoms with Crippen LogP contribution in [0.4, 0.5) is 0 Å². The summed E-state index contributed by atoms with van der Waals surface area (Å²) >= 11 is 0. The molecule has 0 spiro atoms. The highest BCUT2D eigenvalue weighted by Gasteiger charge is 2.23. The van der Waals surface area contributed by atoms with E-state index in [1.165, 1.54) is 0 Å². The molecule has 0 aliphatic carbocycles. The Morgan fingerprint density at radius 2 is 1.88 bits per heavy atom. The summed E-state index contributed by atoms with van der Waals surface area (Å²) in [4.78, 5) is 22.5. The average Bonchev–Trinajstić information content (AvgIpc) is 2.30. The number of hydrogen-bond donors (Lipinski definition) is 1. The lowest BCUT2D eigenvalue weighted by Crippen LogP contribution is -2.35. The van der Waals surface area contributed by atoms with Crippen LogP contribution in [0.5, 0.6) is 0 Å². The van der Waals surface area contributed by atoms with Crippen LogP contribution in [0.2, 0.25) is 0 Å². The summed E-state index contributed by atoms with van der Waals surface area (Å²) < 4.78 is 4.95. The van der Waals surface area contributed by atoms with Gasteiger partial charge in [-0.05, 0) is 19.4 Å². The Hall–Kier alpha value is -1.90. The topological polar surface area (TPSA) is 69.4 Å². The molecule has 0 fully saturated rings. The van der Waals surface area contributed by atoms with Crippen molar-refractivity contribution in [1.29, 1.82) is 0 Å². The van der Waals surface area contributed by atoms with Crippen molar-refractivity contribution in [3.8, 4) is 0 Å². The Morgan fingerprint density at radius 3 is 2.35 bits per heavy atom. The minimum absolute atomic E-state index is 0.108. The normalized spacial score (nSPS) is 11.8. The fourth-order valence-electron chi connectivity index (χ4n) is 1.34. The first kappa shape index (κ1) is 13.2. The van der Waals surface area contributed by atoms with E-state index in [0.29, 0.717) is 5.56 Å². The molecule has 1 aromatic carbocycles. The molecule has 0 aliphatic heterocycles. The summed E-state index contributed by atoms with van der Waals surface area (Å²) in [6.07, 6.45) is -0.266. The molecular formula is C13H15NO3. The number of carbonyl (C=O) groups is 1. The van der Waals surface area contributed by atoms with Crippen LogP contribution >= 0.6 is 0 Å². The lowest BCUT2D eigenvalue weighted by molar-refractivity contribution is -0.147. The highest BCUT2D eigenvalue weighted by molar-refractivity contribution is 6.01. The van der Waals surface area contributed by atoms with E-state index >= 15 is 0 Å². The van der Waals surface area contributed by atoms with Gasteiger partial charge in [0, 0.05) is 0 Å². The third-order valence-corrected chi connectivity index (χ3v) is 2.11. The summed E-state index contributed by atoms with van der Waals surface area (Å²) in [7, 11) is 0. The number of carbonyl (C=O) groups excluding carboxylic acids is 2. The number of esters is 1. The summed E-state index contributed by atoms with van der Waals surface area (Å²) in [5.74, 6) is 1.09. The molecule has 1 atom stereocenters. The second-order valence-corrected chi connectivity index (χ2v) is 3.85. The number of benzene rings is 1. The van der Waals surface area contributed by atoms with Gasteiger partial charge in [0.2, 0.25) is 0 Å². The molecule has 2 N–H and O–H groups in total. The molecule has 0 saturated carbocycles. The van der Waals surface area contributed by atoms with E-state index < -0.39 is 12.0 Å². The monoisotopic (exact) mass is 233 g/mol. The first-order valence-electron chi connectivity index (χ1n) is 5.32. The van der Waals surface area contributed by atoms with Gasteiger partial charge in [0.05, 0.1) is 11.7 Å². The SMILES string of the molecule is CC(C)OC(=O)C(N)C(=C=O)c1ccccc1. The van der Waals surface area contributed by atoms with E-state index in [1.807, 2.05) is 6.07 Å². The summed E-state index contributed by atoms with van der Waals surface area (Å²) in [6.45, 7) is 3.44. The fourth-order valence-corrected chi connectivity index (χ4v) is 1.34. The molecule has 4 nitrogen and oxygen atoms in total. The molecule has 1 rings (SSSR count). The van der Waals surface area contributed by atoms with Crippen LogP contribution in [0, 0.1) is 0 Å². The number of nitrogens with two attached hydrogens (primary N) is 1. The first-order chi connectivity index (χ1) is 8.06. The lowest BCUT2D eigenvalue weighted by Gasteiger charge is -2.14. The predicted molar refractivity (Wildman–Crippen MR) is 64.7 cm³/mol. The smallest absolute Gasteiger partial charge is 0.328 e. The van der Waals surface area contributed by atoms with Gasteiger partial charge in [0.15, 0.2) is 0 Å². The van der Waals surface area contributed by atoms with Gasteiger partial charge in [-0.15, -0.1) is 0 Å². The molecule has 0 radical (unpaired) electrons. The summed E-state index contributed by atoms with van der Waals surface area (Å²) in [5.41, 5.74) is 6.37. The maximum Gasteiger partial charge on any atom is 0.328 e. The number of ether oxygens (including phenoxy) is 1. The van der Waals surface area contributed by atoms with E-state index in [4.69, 9.17) is 10.5 Å². The van der Waals surface area contributed by atoms with Crippen LogP contribution in [-0.4, -0.2) is 24.1 Å². The predicted octanol–water partition coefficient (Wildman–Crippen LogP) is 1.18. The molecule has 0 aromatic heterocycles. The van der Waals surface area contributed by atoms with Crippen molar-refractivity contribution in [2.24, 2.45) is 5.73 Å². The van der Waals surface area contributed by atoms with Crippen LogP contribution < -0.4 is 5.73 Å². The van der Waals surface area contributed by atoms with Crippen LogP contribution in [-0.2, 0) is 14.3 Å². The van der Waals surface area contributed by atoms with E-state index in [0.717, 1.165) is 0 Å². The van der Waals surface area contributed by atoms with Crippen molar-refractivity contribution in [2.45, 2.75) is 26.0 Å². The highest BCUT2D eigenvalue weighted by Crippen LogP contribution is 2.15. The quantitative estimate of drug-likeness (QED) is 0.626. The van der Waals surface area contributed by atoms with E-state index in [2.05, 4.69) is 0 Å². The zero-order chi connectivity index (χ0) is 12.8. The third-order valence-electron chi connectivity index (χ3n) is 2.11. The van der Waals surface area contributed by atoms with Crippen LogP contribution in [0.15, 0.2) is 30.3 Å². The molecule has 1 aromatic rings. The molecular weight excluding hydrogens is 218 g/mol. The Kier molecular flexibility index (Phi) is 4.64. The molecule has 17 heavy (non-hydrogen) atoms. The van der Waals surface area contributed by atoms with Crippen LogP contribution in [0.1, 0.15) is 19.4 Å². The maximum atomic E-state index is 11.6. The van der Waals surface area contributed by atoms with Crippen LogP contribution in [0.25, 0.3) is 5.57 Å². The highest BCUT2D eigenvalue weighted by atomic mass is 16.5. The second-order valence-electron chi connectivity index (χ2n) is 3.85. The number of rotatable bonds is 4. The molecule has 0 heterocycles. The van der Waals surface area contributed by atoms with Gasteiger partial charge >= 0.3 is 5.97 Å². The van der Waals surface area contributed by atoms with Crippen molar-refractivity contribution in [3.05, 3.63) is 35.9 Å². The Labute approximate surface area is 100 Å². The maximum absolute atomic E-state index is 11.6. The Bertz CT molecular complexity index is 433. The summed E-state index contributed by atoms with van der Waals surface area (Å²) in [6, 6.07) is 7.62. The minimum atomic E-state index is -1.10. The molecule has 0 saturated heterocycles. The largest absolute Gasteiger partial charge is 0.462 e. The molecule has 4 heteroatoms.